The average Bonchev–Trinajstić information content (AvgIpc) is 3.36. The number of Topliss-reactive ketones (excluding diaryl/α,β-unsaturated/α-hetero) is 1. The third-order valence-corrected chi connectivity index (χ3v) is 6.02. The van der Waals surface area contributed by atoms with Crippen LogP contribution in [0.1, 0.15) is 25.6 Å². The quantitative estimate of drug-likeness (QED) is 0.635. The second-order valence-corrected chi connectivity index (χ2v) is 7.77. The van der Waals surface area contributed by atoms with Crippen molar-refractivity contribution in [1.82, 2.24) is 14.5 Å². The number of thiazole rings is 1. The first-order valence-corrected chi connectivity index (χ1v) is 10.2. The summed E-state index contributed by atoms with van der Waals surface area (Å²) in [4.78, 5) is 37.1. The molecule has 28 heavy (non-hydrogen) atoms. The maximum atomic E-state index is 12.8. The average molecular weight is 398 g/mol. The number of ketones is 1. The summed E-state index contributed by atoms with van der Waals surface area (Å²) in [5, 5.41) is 0.684. The molecule has 0 unspecified atom stereocenters. The van der Waals surface area contributed by atoms with Crippen molar-refractivity contribution in [3.8, 4) is 5.75 Å². The van der Waals surface area contributed by atoms with Crippen molar-refractivity contribution in [3.05, 3.63) is 46.5 Å². The highest BCUT2D eigenvalue weighted by Crippen LogP contribution is 2.32. The molecule has 0 spiro atoms. The number of benzene rings is 1. The molecule has 0 aliphatic carbocycles. The molecule has 1 aromatic carbocycles. The molecule has 146 valence electrons. The van der Waals surface area contributed by atoms with E-state index in [0.29, 0.717) is 27.6 Å². The Labute approximate surface area is 166 Å². The van der Waals surface area contributed by atoms with Crippen molar-refractivity contribution in [2.24, 2.45) is 7.05 Å². The number of anilines is 1. The molecule has 1 aliphatic rings. The van der Waals surface area contributed by atoms with Gasteiger partial charge in [0.05, 0.1) is 6.04 Å². The van der Waals surface area contributed by atoms with Crippen LogP contribution in [-0.4, -0.2) is 39.5 Å². The topological polar surface area (TPSA) is 77.3 Å². The lowest BCUT2D eigenvalue weighted by Crippen LogP contribution is -2.38. The van der Waals surface area contributed by atoms with Gasteiger partial charge in [0.2, 0.25) is 0 Å². The molecule has 0 bridgehead atoms. The number of nitrogens with zero attached hydrogens (tertiary/aromatic N) is 4. The van der Waals surface area contributed by atoms with Crippen molar-refractivity contribution >= 4 is 32.6 Å². The van der Waals surface area contributed by atoms with Gasteiger partial charge < -0.3 is 9.64 Å². The summed E-state index contributed by atoms with van der Waals surface area (Å²) in [5.74, 6) is 1.44. The van der Waals surface area contributed by atoms with Gasteiger partial charge >= 0.3 is 0 Å². The predicted molar refractivity (Wildman–Crippen MR) is 109 cm³/mol. The summed E-state index contributed by atoms with van der Waals surface area (Å²) < 4.78 is 7.18. The van der Waals surface area contributed by atoms with Crippen LogP contribution in [0.4, 0.5) is 5.13 Å². The van der Waals surface area contributed by atoms with Gasteiger partial charge in [0.1, 0.15) is 18.2 Å². The Kier molecular flexibility index (Phi) is 5.13. The number of fused-ring (bicyclic) bond motifs is 1. The van der Waals surface area contributed by atoms with Crippen molar-refractivity contribution in [3.63, 3.8) is 0 Å². The van der Waals surface area contributed by atoms with Gasteiger partial charge in [-0.25, -0.2) is 9.97 Å². The molecule has 7 nitrogen and oxygen atoms in total. The van der Waals surface area contributed by atoms with Crippen LogP contribution >= 0.6 is 11.3 Å². The van der Waals surface area contributed by atoms with Crippen molar-refractivity contribution in [2.75, 3.05) is 18.1 Å². The Bertz CT molecular complexity index is 1060. The summed E-state index contributed by atoms with van der Waals surface area (Å²) >= 11 is 1.38. The maximum absolute atomic E-state index is 12.8. The van der Waals surface area contributed by atoms with E-state index in [2.05, 4.69) is 9.97 Å². The first-order chi connectivity index (χ1) is 13.6. The van der Waals surface area contributed by atoms with E-state index in [1.807, 2.05) is 42.2 Å². The summed E-state index contributed by atoms with van der Waals surface area (Å²) in [6.45, 7) is 2.73. The highest BCUT2D eigenvalue weighted by Gasteiger charge is 2.33. The SMILES string of the molecule is CCc1nc2sc(N3CCC[C@@H]3C(=O)COc3ccccc3)nc2c(=O)n1C. The Balaban J connectivity index is 1.57. The third-order valence-electron chi connectivity index (χ3n) is 5.03. The number of hydrogen-bond donors (Lipinski definition) is 0. The van der Waals surface area contributed by atoms with Crippen molar-refractivity contribution in [2.45, 2.75) is 32.2 Å². The first kappa shape index (κ1) is 18.6. The highest BCUT2D eigenvalue weighted by molar-refractivity contribution is 7.21. The van der Waals surface area contributed by atoms with E-state index in [9.17, 15) is 9.59 Å². The molecule has 0 N–H and O–H groups in total. The first-order valence-electron chi connectivity index (χ1n) is 9.42. The zero-order chi connectivity index (χ0) is 19.7. The van der Waals surface area contributed by atoms with Crippen LogP contribution in [0, 0.1) is 0 Å². The molecule has 1 atom stereocenters. The van der Waals surface area contributed by atoms with Crippen LogP contribution in [-0.2, 0) is 18.3 Å². The van der Waals surface area contributed by atoms with Crippen LogP contribution in [0.2, 0.25) is 0 Å². The second-order valence-electron chi connectivity index (χ2n) is 6.82. The largest absolute Gasteiger partial charge is 0.486 e. The van der Waals surface area contributed by atoms with Crippen LogP contribution in [0.3, 0.4) is 0 Å². The fourth-order valence-electron chi connectivity index (χ4n) is 3.52. The normalized spacial score (nSPS) is 16.6. The van der Waals surface area contributed by atoms with E-state index in [-0.39, 0.29) is 24.0 Å². The Morgan fingerprint density at radius 1 is 1.29 bits per heavy atom. The summed E-state index contributed by atoms with van der Waals surface area (Å²) in [7, 11) is 1.72. The molecule has 0 radical (unpaired) electrons. The van der Waals surface area contributed by atoms with Gasteiger partial charge in [-0.1, -0.05) is 36.5 Å². The fraction of sp³-hybridized carbons (Fsp3) is 0.400. The maximum Gasteiger partial charge on any atom is 0.280 e. The van der Waals surface area contributed by atoms with Crippen molar-refractivity contribution < 1.29 is 9.53 Å². The number of hydrogen-bond acceptors (Lipinski definition) is 7. The molecule has 2 aromatic heterocycles. The number of carbonyl (C=O) groups excluding carboxylic acids is 1. The lowest BCUT2D eigenvalue weighted by atomic mass is 10.1. The Morgan fingerprint density at radius 2 is 2.07 bits per heavy atom. The molecule has 1 saturated heterocycles. The predicted octanol–water partition coefficient (Wildman–Crippen LogP) is 2.57. The van der Waals surface area contributed by atoms with Gasteiger partial charge in [0.15, 0.2) is 21.3 Å². The number of carbonyl (C=O) groups is 1. The van der Waals surface area contributed by atoms with Gasteiger partial charge in [-0.2, -0.15) is 0 Å². The standard InChI is InChI=1S/C20H22N4O3S/c1-3-16-21-18-17(19(26)23(16)2)22-20(28-18)24-11-7-10-14(24)15(25)12-27-13-8-5-4-6-9-13/h4-6,8-9,14H,3,7,10-12H2,1-2H3/t14-/m1/s1. The van der Waals surface area contributed by atoms with E-state index in [1.54, 1.807) is 11.6 Å². The minimum absolute atomic E-state index is 0.0238. The van der Waals surface area contributed by atoms with Crippen LogP contribution in [0.15, 0.2) is 35.1 Å². The fourth-order valence-corrected chi connectivity index (χ4v) is 4.55. The minimum Gasteiger partial charge on any atom is -0.486 e. The number of aryl methyl sites for hydroxylation is 1. The second kappa shape index (κ2) is 7.71. The van der Waals surface area contributed by atoms with Crippen LogP contribution in [0.5, 0.6) is 5.75 Å². The molecule has 0 amide bonds. The molecule has 3 aromatic rings. The molecule has 8 heteroatoms. The monoisotopic (exact) mass is 398 g/mol. The molecular weight excluding hydrogens is 376 g/mol. The van der Waals surface area contributed by atoms with E-state index in [1.165, 1.54) is 11.3 Å². The molecule has 4 rings (SSSR count). The minimum atomic E-state index is -0.279. The smallest absolute Gasteiger partial charge is 0.280 e. The van der Waals surface area contributed by atoms with Gasteiger partial charge in [0.25, 0.3) is 5.56 Å². The summed E-state index contributed by atoms with van der Waals surface area (Å²) in [6, 6.07) is 9.05. The summed E-state index contributed by atoms with van der Waals surface area (Å²) in [6.07, 6.45) is 2.35. The highest BCUT2D eigenvalue weighted by atomic mass is 32.1. The zero-order valence-corrected chi connectivity index (χ0v) is 16.7. The Hall–Kier alpha value is -2.74. The number of para-hydroxylation sites is 1. The summed E-state index contributed by atoms with van der Waals surface area (Å²) in [5.41, 5.74) is 0.233. The van der Waals surface area contributed by atoms with Crippen LogP contribution in [0.25, 0.3) is 10.3 Å². The molecule has 0 saturated carbocycles. The van der Waals surface area contributed by atoms with E-state index in [0.717, 1.165) is 25.2 Å². The lowest BCUT2D eigenvalue weighted by Gasteiger charge is -2.22. The van der Waals surface area contributed by atoms with E-state index < -0.39 is 0 Å². The number of ether oxygens (including phenoxy) is 1. The van der Waals surface area contributed by atoms with Gasteiger partial charge in [-0.05, 0) is 25.0 Å². The number of rotatable bonds is 6. The van der Waals surface area contributed by atoms with Gasteiger partial charge in [-0.15, -0.1) is 0 Å². The molecular formula is C20H22N4O3S. The molecule has 3 heterocycles. The third kappa shape index (κ3) is 3.40. The Morgan fingerprint density at radius 3 is 2.82 bits per heavy atom. The zero-order valence-electron chi connectivity index (χ0n) is 15.9. The van der Waals surface area contributed by atoms with Crippen LogP contribution < -0.4 is 15.2 Å². The van der Waals surface area contributed by atoms with Gasteiger partial charge in [-0.3, -0.25) is 14.2 Å². The van der Waals surface area contributed by atoms with Gasteiger partial charge in [0, 0.05) is 20.0 Å². The number of aromatic nitrogens is 3. The molecule has 1 fully saturated rings. The lowest BCUT2D eigenvalue weighted by molar-refractivity contribution is -0.122. The van der Waals surface area contributed by atoms with E-state index >= 15 is 0 Å². The molecule has 1 aliphatic heterocycles. The van der Waals surface area contributed by atoms with Crippen molar-refractivity contribution in [1.29, 1.82) is 0 Å². The van der Waals surface area contributed by atoms with E-state index in [4.69, 9.17) is 4.74 Å².